The van der Waals surface area contributed by atoms with E-state index >= 15 is 0 Å². The van der Waals surface area contributed by atoms with Crippen molar-refractivity contribution in [2.24, 2.45) is 11.7 Å². The largest absolute Gasteiger partial charge is 0.493 e. The smallest absolute Gasteiger partial charge is 0.296 e. The van der Waals surface area contributed by atoms with Crippen LogP contribution in [-0.2, 0) is 16.3 Å². The lowest BCUT2D eigenvalue weighted by atomic mass is 10.0. The van der Waals surface area contributed by atoms with Gasteiger partial charge in [-0.05, 0) is 66.6 Å². The Morgan fingerprint density at radius 2 is 1.93 bits per heavy atom. The average molecular weight is 570 g/mol. The number of aromatic hydroxyl groups is 1. The summed E-state index contributed by atoms with van der Waals surface area (Å²) in [5.74, 6) is -0.757. The van der Waals surface area contributed by atoms with Crippen LogP contribution in [0.3, 0.4) is 0 Å². The van der Waals surface area contributed by atoms with Crippen LogP contribution in [-0.4, -0.2) is 34.0 Å². The lowest BCUT2D eigenvalue weighted by Gasteiger charge is -2.25. The van der Waals surface area contributed by atoms with Crippen molar-refractivity contribution in [1.82, 2.24) is 14.5 Å². The molecule has 4 aromatic rings. The Balaban J connectivity index is 1.64. The Labute approximate surface area is 236 Å². The SMILES string of the molecule is CC[C@@H](c1cccc(C#N)c1)n1c(CC2CC2)nc(=O)c(S(=O)(=O)c2ccc(-c3cnccc3C(N)=O)cc2)c1O. The number of aromatic nitrogens is 3. The molecule has 0 spiro atoms. The quantitative estimate of drug-likeness (QED) is 0.307. The lowest BCUT2D eigenvalue weighted by Crippen LogP contribution is -2.27. The maximum atomic E-state index is 13.8. The summed E-state index contributed by atoms with van der Waals surface area (Å²) >= 11 is 0. The van der Waals surface area contributed by atoms with Crippen molar-refractivity contribution in [1.29, 1.82) is 5.26 Å². The van der Waals surface area contributed by atoms with Gasteiger partial charge in [0.15, 0.2) is 4.90 Å². The summed E-state index contributed by atoms with van der Waals surface area (Å²) in [6.45, 7) is 1.87. The zero-order valence-electron chi connectivity index (χ0n) is 22.2. The normalized spacial score (nSPS) is 13.9. The van der Waals surface area contributed by atoms with Gasteiger partial charge in [0, 0.05) is 29.9 Å². The fraction of sp³-hybridized carbons (Fsp3) is 0.233. The predicted octanol–water partition coefficient (Wildman–Crippen LogP) is 3.77. The summed E-state index contributed by atoms with van der Waals surface area (Å²) in [6, 6.07) is 15.4. The maximum absolute atomic E-state index is 13.8. The van der Waals surface area contributed by atoms with Crippen molar-refractivity contribution in [2.75, 3.05) is 0 Å². The molecule has 10 nitrogen and oxygen atoms in total. The first-order chi connectivity index (χ1) is 19.6. The molecule has 1 aliphatic carbocycles. The Hall–Kier alpha value is -4.82. The molecule has 1 atom stereocenters. The van der Waals surface area contributed by atoms with Gasteiger partial charge in [-0.25, -0.2) is 8.42 Å². The Bertz CT molecular complexity index is 1860. The zero-order chi connectivity index (χ0) is 29.3. The van der Waals surface area contributed by atoms with Crippen LogP contribution in [0.4, 0.5) is 0 Å². The van der Waals surface area contributed by atoms with Gasteiger partial charge in [-0.3, -0.25) is 19.1 Å². The number of hydrogen-bond acceptors (Lipinski definition) is 8. The van der Waals surface area contributed by atoms with Crippen molar-refractivity contribution < 1.29 is 18.3 Å². The van der Waals surface area contributed by atoms with Crippen LogP contribution in [0.2, 0.25) is 0 Å². The van der Waals surface area contributed by atoms with Crippen LogP contribution in [0.25, 0.3) is 11.1 Å². The first kappa shape index (κ1) is 27.7. The topological polar surface area (TPSA) is 169 Å². The number of pyridine rings is 1. The molecular weight excluding hydrogens is 542 g/mol. The fourth-order valence-electron chi connectivity index (χ4n) is 4.99. The molecule has 11 heteroatoms. The van der Waals surface area contributed by atoms with E-state index < -0.39 is 38.1 Å². The van der Waals surface area contributed by atoms with Crippen LogP contribution in [0.15, 0.2) is 81.6 Å². The number of benzene rings is 2. The number of primary amides is 1. The van der Waals surface area contributed by atoms with Crippen molar-refractivity contribution in [3.8, 4) is 23.1 Å². The minimum atomic E-state index is -4.52. The van der Waals surface area contributed by atoms with Crippen molar-refractivity contribution in [2.45, 2.75) is 48.4 Å². The third-order valence-electron chi connectivity index (χ3n) is 7.23. The van der Waals surface area contributed by atoms with Gasteiger partial charge in [0.2, 0.25) is 21.6 Å². The minimum absolute atomic E-state index is 0.220. The third kappa shape index (κ3) is 5.34. The average Bonchev–Trinajstić information content (AvgIpc) is 3.79. The molecule has 0 bridgehead atoms. The summed E-state index contributed by atoms with van der Waals surface area (Å²) < 4.78 is 29.0. The van der Waals surface area contributed by atoms with Gasteiger partial charge >= 0.3 is 0 Å². The lowest BCUT2D eigenvalue weighted by molar-refractivity contribution is 0.100. The molecule has 41 heavy (non-hydrogen) atoms. The number of carbonyl (C=O) groups is 1. The number of nitriles is 1. The van der Waals surface area contributed by atoms with Crippen LogP contribution in [0.1, 0.15) is 59.5 Å². The number of sulfone groups is 1. The van der Waals surface area contributed by atoms with Crippen molar-refractivity contribution in [3.05, 3.63) is 99.9 Å². The molecule has 2 heterocycles. The van der Waals surface area contributed by atoms with E-state index in [0.29, 0.717) is 46.8 Å². The first-order valence-corrected chi connectivity index (χ1v) is 14.6. The maximum Gasteiger partial charge on any atom is 0.296 e. The Morgan fingerprint density at radius 3 is 2.56 bits per heavy atom. The molecule has 1 saturated carbocycles. The predicted molar refractivity (Wildman–Crippen MR) is 150 cm³/mol. The molecular formula is C30H27N5O5S. The molecule has 5 rings (SSSR count). The molecule has 0 aliphatic heterocycles. The van der Waals surface area contributed by atoms with Gasteiger partial charge in [-0.15, -0.1) is 0 Å². The molecule has 0 radical (unpaired) electrons. The van der Waals surface area contributed by atoms with Gasteiger partial charge in [0.1, 0.15) is 5.82 Å². The molecule has 2 aromatic carbocycles. The summed E-state index contributed by atoms with van der Waals surface area (Å²) in [6.07, 6.45) is 5.64. The highest BCUT2D eigenvalue weighted by Gasteiger charge is 2.34. The highest BCUT2D eigenvalue weighted by Crippen LogP contribution is 2.37. The first-order valence-electron chi connectivity index (χ1n) is 13.1. The number of hydrogen-bond donors (Lipinski definition) is 2. The second-order valence-electron chi connectivity index (χ2n) is 9.98. The summed E-state index contributed by atoms with van der Waals surface area (Å²) in [4.78, 5) is 32.2. The van der Waals surface area contributed by atoms with E-state index in [0.717, 1.165) is 12.8 Å². The van der Waals surface area contributed by atoms with E-state index in [-0.39, 0.29) is 10.5 Å². The minimum Gasteiger partial charge on any atom is -0.493 e. The van der Waals surface area contributed by atoms with E-state index in [1.54, 1.807) is 24.3 Å². The van der Waals surface area contributed by atoms with Gasteiger partial charge in [-0.2, -0.15) is 10.2 Å². The monoisotopic (exact) mass is 569 g/mol. The van der Waals surface area contributed by atoms with Crippen LogP contribution < -0.4 is 11.3 Å². The molecule has 2 aromatic heterocycles. The number of nitrogens with two attached hydrogens (primary N) is 1. The standard InChI is InChI=1S/C30H27N5O5S/c1-2-25(21-5-3-4-19(14-21)16-31)35-26(15-18-6-7-18)34-29(37)27(30(35)38)41(39,40)22-10-8-20(9-11-22)24-17-33-13-12-23(24)28(32)36/h3-5,8-14,17-18,25,38H,2,6-7,15H2,1H3,(H2,32,36)/t25-/m0/s1. The number of rotatable bonds is 9. The van der Waals surface area contributed by atoms with Gasteiger partial charge in [0.05, 0.1) is 22.6 Å². The third-order valence-corrected chi connectivity index (χ3v) is 9.02. The van der Waals surface area contributed by atoms with Crippen molar-refractivity contribution in [3.63, 3.8) is 0 Å². The highest BCUT2D eigenvalue weighted by molar-refractivity contribution is 7.91. The number of carbonyl (C=O) groups excluding carboxylic acids is 1. The zero-order valence-corrected chi connectivity index (χ0v) is 23.0. The summed E-state index contributed by atoms with van der Waals surface area (Å²) in [7, 11) is -4.52. The van der Waals surface area contributed by atoms with Gasteiger partial charge in [0.25, 0.3) is 5.56 Å². The summed E-state index contributed by atoms with van der Waals surface area (Å²) in [5, 5.41) is 20.9. The number of nitrogens with zero attached hydrogens (tertiary/aromatic N) is 4. The number of amides is 1. The van der Waals surface area contributed by atoms with E-state index in [1.165, 1.54) is 47.3 Å². The van der Waals surface area contributed by atoms with Crippen molar-refractivity contribution >= 4 is 15.7 Å². The molecule has 0 unspecified atom stereocenters. The van der Waals surface area contributed by atoms with E-state index in [1.807, 2.05) is 6.92 Å². The second kappa shape index (κ2) is 11.0. The highest BCUT2D eigenvalue weighted by atomic mass is 32.2. The van der Waals surface area contributed by atoms with E-state index in [9.17, 15) is 28.4 Å². The van der Waals surface area contributed by atoms with E-state index in [4.69, 9.17) is 5.73 Å². The van der Waals surface area contributed by atoms with Crippen LogP contribution >= 0.6 is 0 Å². The van der Waals surface area contributed by atoms with Gasteiger partial charge < -0.3 is 10.8 Å². The fourth-order valence-corrected chi connectivity index (χ4v) is 6.33. The summed E-state index contributed by atoms with van der Waals surface area (Å²) in [5.41, 5.74) is 6.66. The van der Waals surface area contributed by atoms with E-state index in [2.05, 4.69) is 16.0 Å². The molecule has 1 aliphatic rings. The molecule has 1 fully saturated rings. The van der Waals surface area contributed by atoms with Crippen LogP contribution in [0.5, 0.6) is 5.88 Å². The van der Waals surface area contributed by atoms with Crippen LogP contribution in [0, 0.1) is 17.2 Å². The Morgan fingerprint density at radius 1 is 1.20 bits per heavy atom. The molecule has 3 N–H and O–H groups in total. The van der Waals surface area contributed by atoms with Gasteiger partial charge in [-0.1, -0.05) is 31.2 Å². The molecule has 208 valence electrons. The Kier molecular flexibility index (Phi) is 7.43. The molecule has 0 saturated heterocycles. The second-order valence-corrected chi connectivity index (χ2v) is 11.9. The molecule has 1 amide bonds.